The Morgan fingerprint density at radius 1 is 0.271 bits per heavy atom. The van der Waals surface area contributed by atoms with Gasteiger partial charge in [0.2, 0.25) is 0 Å². The number of furan rings is 2. The summed E-state index contributed by atoms with van der Waals surface area (Å²) < 4.78 is 12.4. The second kappa shape index (κ2) is 14.9. The van der Waals surface area contributed by atoms with E-state index >= 15 is 0 Å². The Labute approximate surface area is 407 Å². The lowest BCUT2D eigenvalue weighted by Crippen LogP contribution is -2.31. The highest BCUT2D eigenvalue weighted by Crippen LogP contribution is 2.55. The fraction of sp³-hybridized carbons (Fsp3) is 0.0909. The molecule has 0 saturated heterocycles. The maximum atomic E-state index is 6.20. The molecule has 10 aromatic carbocycles. The fourth-order valence-corrected chi connectivity index (χ4v) is 11.8. The minimum Gasteiger partial charge on any atom is -0.456 e. The van der Waals surface area contributed by atoms with Crippen LogP contribution in [0.15, 0.2) is 227 Å². The summed E-state index contributed by atoms with van der Waals surface area (Å²) in [6.45, 7) is 9.50. The summed E-state index contributed by atoms with van der Waals surface area (Å²) in [6, 6.07) is 79.7. The molecule has 4 heterocycles. The lowest BCUT2D eigenvalue weighted by atomic mass is 9.71. The number of rotatable bonds is 5. The quantitative estimate of drug-likeness (QED) is 0.172. The third kappa shape index (κ3) is 6.02. The molecule has 4 heteroatoms. The standard InChI is InChI=1S/C66H48N2O2/c1-65(2)53-21-7-9-23-57(53)67(47-17-13-15-41(35-47)43-29-33-63-51(37-43)49-19-5-11-25-61(49)69-63)59-31-27-45(39-55(59)65)46-28-32-60-56(40-46)66(3,4)54-22-8-10-24-58(54)68(60)48-18-14-16-42(36-48)44-30-34-64-52(38-44)50-20-6-12-26-62(50)70-64/h5-40H,1-4H3. The first-order valence-corrected chi connectivity index (χ1v) is 24.3. The summed E-state index contributed by atoms with van der Waals surface area (Å²) in [5, 5.41) is 4.53. The van der Waals surface area contributed by atoms with E-state index in [-0.39, 0.29) is 10.8 Å². The molecule has 0 saturated carbocycles. The van der Waals surface area contributed by atoms with Crippen molar-refractivity contribution in [2.45, 2.75) is 38.5 Å². The number of hydrogen-bond acceptors (Lipinski definition) is 4. The zero-order valence-electron chi connectivity index (χ0n) is 39.5. The summed E-state index contributed by atoms with van der Waals surface area (Å²) in [5.41, 5.74) is 22.4. The number of fused-ring (bicyclic) bond motifs is 10. The van der Waals surface area contributed by atoms with Crippen molar-refractivity contribution in [3.8, 4) is 33.4 Å². The van der Waals surface area contributed by atoms with Crippen LogP contribution in [0.2, 0.25) is 0 Å². The Kier molecular flexibility index (Phi) is 8.64. The number of hydrogen-bond donors (Lipinski definition) is 0. The second-order valence-corrected chi connectivity index (χ2v) is 20.1. The molecule has 70 heavy (non-hydrogen) atoms. The second-order valence-electron chi connectivity index (χ2n) is 20.1. The van der Waals surface area contributed by atoms with E-state index in [0.717, 1.165) is 77.5 Å². The van der Waals surface area contributed by atoms with Crippen molar-refractivity contribution in [1.29, 1.82) is 0 Å². The van der Waals surface area contributed by atoms with E-state index in [1.165, 1.54) is 56.1 Å². The summed E-state index contributed by atoms with van der Waals surface area (Å²) in [5.74, 6) is 0. The Bertz CT molecular complexity index is 3840. The SMILES string of the molecule is CC1(C)c2ccccc2N(c2cccc(-c3ccc4oc5ccccc5c4c3)c2)c2ccc(-c3ccc4c(c3)C(C)(C)c3ccccc3N4c3cccc(-c4ccc5oc6ccccc6c5c4)c3)cc21. The van der Waals surface area contributed by atoms with Crippen LogP contribution in [-0.2, 0) is 10.8 Å². The van der Waals surface area contributed by atoms with Crippen LogP contribution in [0.3, 0.4) is 0 Å². The molecule has 0 fully saturated rings. The first kappa shape index (κ1) is 40.5. The van der Waals surface area contributed by atoms with Gasteiger partial charge in [0.25, 0.3) is 0 Å². The van der Waals surface area contributed by atoms with Crippen molar-refractivity contribution in [3.05, 3.63) is 241 Å². The van der Waals surface area contributed by atoms with E-state index < -0.39 is 0 Å². The number of benzene rings is 10. The van der Waals surface area contributed by atoms with Crippen LogP contribution in [0, 0.1) is 0 Å². The van der Waals surface area contributed by atoms with Gasteiger partial charge in [-0.2, -0.15) is 0 Å². The Morgan fingerprint density at radius 2 is 0.629 bits per heavy atom. The van der Waals surface area contributed by atoms with Crippen LogP contribution in [0.4, 0.5) is 34.1 Å². The van der Waals surface area contributed by atoms with E-state index in [2.05, 4.69) is 232 Å². The van der Waals surface area contributed by atoms with Gasteiger partial charge in [-0.05, 0) is 153 Å². The topological polar surface area (TPSA) is 32.8 Å². The van der Waals surface area contributed by atoms with Crippen molar-refractivity contribution in [2.75, 3.05) is 9.80 Å². The molecule has 2 aliphatic rings. The highest BCUT2D eigenvalue weighted by Gasteiger charge is 2.39. The number of nitrogens with zero attached hydrogens (tertiary/aromatic N) is 2. The predicted octanol–water partition coefficient (Wildman–Crippen LogP) is 18.7. The molecule has 4 nitrogen and oxygen atoms in total. The van der Waals surface area contributed by atoms with Gasteiger partial charge in [-0.3, -0.25) is 0 Å². The summed E-state index contributed by atoms with van der Waals surface area (Å²) in [6.07, 6.45) is 0. The summed E-state index contributed by atoms with van der Waals surface area (Å²) in [4.78, 5) is 4.92. The van der Waals surface area contributed by atoms with Crippen LogP contribution in [0.1, 0.15) is 49.9 Å². The molecule has 14 rings (SSSR count). The molecule has 334 valence electrons. The van der Waals surface area contributed by atoms with Gasteiger partial charge < -0.3 is 18.6 Å². The van der Waals surface area contributed by atoms with Gasteiger partial charge in [0.15, 0.2) is 0 Å². The lowest BCUT2D eigenvalue weighted by Gasteiger charge is -2.43. The van der Waals surface area contributed by atoms with Crippen LogP contribution in [0.5, 0.6) is 0 Å². The van der Waals surface area contributed by atoms with Gasteiger partial charge in [0.05, 0.1) is 22.7 Å². The van der Waals surface area contributed by atoms with E-state index in [4.69, 9.17) is 8.83 Å². The normalized spacial score (nSPS) is 14.5. The third-order valence-corrected chi connectivity index (χ3v) is 15.4. The average Bonchev–Trinajstić information content (AvgIpc) is 3.97. The zero-order chi connectivity index (χ0) is 46.9. The fourth-order valence-electron chi connectivity index (χ4n) is 11.8. The molecule has 2 aliphatic heterocycles. The maximum absolute atomic E-state index is 6.20. The molecule has 0 radical (unpaired) electrons. The van der Waals surface area contributed by atoms with Crippen LogP contribution in [0.25, 0.3) is 77.3 Å². The minimum atomic E-state index is -0.257. The van der Waals surface area contributed by atoms with Gasteiger partial charge in [-0.15, -0.1) is 0 Å². The van der Waals surface area contributed by atoms with Gasteiger partial charge in [-0.1, -0.05) is 149 Å². The predicted molar refractivity (Wildman–Crippen MR) is 291 cm³/mol. The highest BCUT2D eigenvalue weighted by molar-refractivity contribution is 6.07. The Hall–Kier alpha value is -8.60. The van der Waals surface area contributed by atoms with Gasteiger partial charge in [-0.25, -0.2) is 0 Å². The van der Waals surface area contributed by atoms with Gasteiger partial charge in [0.1, 0.15) is 22.3 Å². The molecule has 0 unspecified atom stereocenters. The van der Waals surface area contributed by atoms with Crippen LogP contribution < -0.4 is 9.80 Å². The summed E-state index contributed by atoms with van der Waals surface area (Å²) >= 11 is 0. The van der Waals surface area contributed by atoms with Crippen molar-refractivity contribution < 1.29 is 8.83 Å². The van der Waals surface area contributed by atoms with Crippen molar-refractivity contribution in [3.63, 3.8) is 0 Å². The molecule has 0 bridgehead atoms. The first-order valence-electron chi connectivity index (χ1n) is 24.3. The largest absolute Gasteiger partial charge is 0.456 e. The van der Waals surface area contributed by atoms with Gasteiger partial charge >= 0.3 is 0 Å². The third-order valence-electron chi connectivity index (χ3n) is 15.4. The molecule has 0 spiro atoms. The lowest BCUT2D eigenvalue weighted by molar-refractivity contribution is 0.631. The van der Waals surface area contributed by atoms with Crippen molar-refractivity contribution in [1.82, 2.24) is 0 Å². The summed E-state index contributed by atoms with van der Waals surface area (Å²) in [7, 11) is 0. The first-order chi connectivity index (χ1) is 34.2. The number of anilines is 6. The molecule has 0 atom stereocenters. The number of para-hydroxylation sites is 4. The highest BCUT2D eigenvalue weighted by atomic mass is 16.3. The monoisotopic (exact) mass is 900 g/mol. The molecule has 0 amide bonds. The van der Waals surface area contributed by atoms with E-state index in [9.17, 15) is 0 Å². The van der Waals surface area contributed by atoms with E-state index in [0.29, 0.717) is 0 Å². The molecule has 0 N–H and O–H groups in total. The molecule has 12 aromatic rings. The molecule has 0 aliphatic carbocycles. The average molecular weight is 901 g/mol. The van der Waals surface area contributed by atoms with E-state index in [1.54, 1.807) is 0 Å². The smallest absolute Gasteiger partial charge is 0.135 e. The van der Waals surface area contributed by atoms with Gasteiger partial charge in [0, 0.05) is 43.7 Å². The molecule has 2 aromatic heterocycles. The molecular weight excluding hydrogens is 853 g/mol. The maximum Gasteiger partial charge on any atom is 0.135 e. The van der Waals surface area contributed by atoms with Crippen LogP contribution >= 0.6 is 0 Å². The van der Waals surface area contributed by atoms with E-state index in [1.807, 2.05) is 24.3 Å². The zero-order valence-corrected chi connectivity index (χ0v) is 39.5. The van der Waals surface area contributed by atoms with Crippen molar-refractivity contribution in [2.24, 2.45) is 0 Å². The van der Waals surface area contributed by atoms with Crippen LogP contribution in [-0.4, -0.2) is 0 Å². The minimum absolute atomic E-state index is 0.257. The van der Waals surface area contributed by atoms with Crippen molar-refractivity contribution >= 4 is 78.0 Å². The Morgan fingerprint density at radius 3 is 1.10 bits per heavy atom. The molecular formula is C66H48N2O2. The Balaban J connectivity index is 0.866.